The zero-order chi connectivity index (χ0) is 20.6. The number of amides is 1. The smallest absolute Gasteiger partial charge is 0.267 e. The van der Waals surface area contributed by atoms with Gasteiger partial charge in [0, 0.05) is 6.20 Å². The van der Waals surface area contributed by atoms with Crippen LogP contribution in [0.15, 0.2) is 54.2 Å². The van der Waals surface area contributed by atoms with Gasteiger partial charge in [-0.25, -0.2) is 0 Å². The molecule has 1 aliphatic rings. The van der Waals surface area contributed by atoms with Crippen LogP contribution in [0.1, 0.15) is 54.5 Å². The summed E-state index contributed by atoms with van der Waals surface area (Å²) >= 11 is 0. The molecule has 0 spiro atoms. The van der Waals surface area contributed by atoms with E-state index in [0.717, 1.165) is 24.8 Å². The second kappa shape index (κ2) is 9.57. The van der Waals surface area contributed by atoms with Gasteiger partial charge in [-0.2, -0.15) is 10.5 Å². The van der Waals surface area contributed by atoms with Crippen molar-refractivity contribution in [1.29, 1.82) is 10.5 Å². The third-order valence-electron chi connectivity index (χ3n) is 5.27. The number of carbonyl (C=O) groups is 1. The number of carbonyl (C=O) groups excluding carboxylic acids is 1. The van der Waals surface area contributed by atoms with Crippen molar-refractivity contribution in [3.05, 3.63) is 76.5 Å². The molecule has 5 heteroatoms. The van der Waals surface area contributed by atoms with Gasteiger partial charge in [-0.05, 0) is 60.9 Å². The summed E-state index contributed by atoms with van der Waals surface area (Å²) in [7, 11) is 0. The average molecular weight is 384 g/mol. The molecular weight excluding hydrogens is 360 g/mol. The molecule has 0 radical (unpaired) electrons. The third kappa shape index (κ3) is 4.83. The van der Waals surface area contributed by atoms with E-state index < -0.39 is 5.91 Å². The first-order chi connectivity index (χ1) is 14.2. The summed E-state index contributed by atoms with van der Waals surface area (Å²) in [6.07, 6.45) is 7.02. The Hall–Kier alpha value is -3.57. The molecular formula is C24H24N4O. The van der Waals surface area contributed by atoms with Crippen molar-refractivity contribution in [3.63, 3.8) is 0 Å². The Balaban J connectivity index is 1.74. The number of para-hydroxylation sites is 1. The standard InChI is InChI=1S/C24H24N4O/c1-2-22(19-12-11-17-7-3-4-8-18(17)13-19)27-16-21(15-26)24(29)28-23-10-6-5-9-20(23)14-25/h5-6,9-13,16,22,27H,2-4,7-8H2,1H3,(H,28,29)/b21-16-. The highest BCUT2D eigenvalue weighted by molar-refractivity contribution is 6.07. The lowest BCUT2D eigenvalue weighted by atomic mass is 9.89. The van der Waals surface area contributed by atoms with E-state index in [2.05, 4.69) is 35.8 Å². The number of nitrogens with one attached hydrogen (secondary N) is 2. The largest absolute Gasteiger partial charge is 0.383 e. The maximum absolute atomic E-state index is 12.5. The molecule has 1 atom stereocenters. The van der Waals surface area contributed by atoms with Gasteiger partial charge in [-0.3, -0.25) is 4.79 Å². The fraction of sp³-hybridized carbons (Fsp3) is 0.292. The molecule has 0 saturated carbocycles. The first-order valence-electron chi connectivity index (χ1n) is 9.94. The van der Waals surface area contributed by atoms with Gasteiger partial charge in [-0.1, -0.05) is 37.3 Å². The third-order valence-corrected chi connectivity index (χ3v) is 5.27. The molecule has 3 rings (SSSR count). The Morgan fingerprint density at radius 3 is 2.62 bits per heavy atom. The van der Waals surface area contributed by atoms with Crippen molar-refractivity contribution in [2.24, 2.45) is 0 Å². The maximum atomic E-state index is 12.5. The first kappa shape index (κ1) is 20.2. The second-order valence-corrected chi connectivity index (χ2v) is 7.14. The topological polar surface area (TPSA) is 88.7 Å². The predicted octanol–water partition coefficient (Wildman–Crippen LogP) is 4.52. The van der Waals surface area contributed by atoms with E-state index in [9.17, 15) is 10.1 Å². The minimum Gasteiger partial charge on any atom is -0.383 e. The number of nitriles is 2. The lowest BCUT2D eigenvalue weighted by Crippen LogP contribution is -2.20. The number of benzene rings is 2. The van der Waals surface area contributed by atoms with Gasteiger partial charge >= 0.3 is 0 Å². The molecule has 29 heavy (non-hydrogen) atoms. The van der Waals surface area contributed by atoms with Gasteiger partial charge in [0.1, 0.15) is 17.7 Å². The number of nitrogens with zero attached hydrogens (tertiary/aromatic N) is 2. The number of hydrogen-bond donors (Lipinski definition) is 2. The van der Waals surface area contributed by atoms with E-state index in [4.69, 9.17) is 5.26 Å². The Labute approximate surface area is 171 Å². The van der Waals surface area contributed by atoms with Crippen LogP contribution in [-0.2, 0) is 17.6 Å². The molecule has 5 nitrogen and oxygen atoms in total. The lowest BCUT2D eigenvalue weighted by Gasteiger charge is -2.21. The van der Waals surface area contributed by atoms with Crippen LogP contribution in [0.3, 0.4) is 0 Å². The highest BCUT2D eigenvalue weighted by Crippen LogP contribution is 2.26. The van der Waals surface area contributed by atoms with Crippen LogP contribution in [0.25, 0.3) is 0 Å². The van der Waals surface area contributed by atoms with Crippen molar-refractivity contribution in [2.75, 3.05) is 5.32 Å². The summed E-state index contributed by atoms with van der Waals surface area (Å²) in [5, 5.41) is 24.5. The van der Waals surface area contributed by atoms with Gasteiger partial charge in [0.05, 0.1) is 17.3 Å². The van der Waals surface area contributed by atoms with E-state index in [1.807, 2.05) is 12.1 Å². The van der Waals surface area contributed by atoms with Crippen molar-refractivity contribution in [3.8, 4) is 12.1 Å². The molecule has 0 saturated heterocycles. The maximum Gasteiger partial charge on any atom is 0.267 e. The van der Waals surface area contributed by atoms with Crippen LogP contribution in [0.4, 0.5) is 5.69 Å². The quantitative estimate of drug-likeness (QED) is 0.566. The molecule has 1 amide bonds. The predicted molar refractivity (Wildman–Crippen MR) is 113 cm³/mol. The van der Waals surface area contributed by atoms with Gasteiger partial charge < -0.3 is 10.6 Å². The monoisotopic (exact) mass is 384 g/mol. The normalized spacial score (nSPS) is 14.1. The number of anilines is 1. The summed E-state index contributed by atoms with van der Waals surface area (Å²) in [5.41, 5.74) is 4.71. The molecule has 146 valence electrons. The minimum atomic E-state index is -0.539. The van der Waals surface area contributed by atoms with Crippen molar-refractivity contribution in [2.45, 2.75) is 45.1 Å². The van der Waals surface area contributed by atoms with Crippen LogP contribution in [0.5, 0.6) is 0 Å². The van der Waals surface area contributed by atoms with Crippen molar-refractivity contribution in [1.82, 2.24) is 5.32 Å². The molecule has 0 fully saturated rings. The molecule has 2 aromatic rings. The van der Waals surface area contributed by atoms with E-state index in [1.54, 1.807) is 24.3 Å². The van der Waals surface area contributed by atoms with E-state index >= 15 is 0 Å². The molecule has 1 aliphatic carbocycles. The minimum absolute atomic E-state index is 0.0183. The zero-order valence-corrected chi connectivity index (χ0v) is 16.5. The summed E-state index contributed by atoms with van der Waals surface area (Å²) in [5.74, 6) is -0.539. The van der Waals surface area contributed by atoms with Crippen LogP contribution in [0.2, 0.25) is 0 Å². The van der Waals surface area contributed by atoms with Crippen molar-refractivity contribution < 1.29 is 4.79 Å². The van der Waals surface area contributed by atoms with E-state index in [-0.39, 0.29) is 11.6 Å². The fourth-order valence-electron chi connectivity index (χ4n) is 3.63. The molecule has 0 bridgehead atoms. The van der Waals surface area contributed by atoms with Crippen LogP contribution in [-0.4, -0.2) is 5.91 Å². The molecule has 1 unspecified atom stereocenters. The van der Waals surface area contributed by atoms with Gasteiger partial charge in [0.2, 0.25) is 0 Å². The lowest BCUT2D eigenvalue weighted by molar-refractivity contribution is -0.112. The summed E-state index contributed by atoms with van der Waals surface area (Å²) in [6, 6.07) is 17.3. The van der Waals surface area contributed by atoms with Crippen LogP contribution < -0.4 is 10.6 Å². The zero-order valence-electron chi connectivity index (χ0n) is 16.5. The molecule has 0 aliphatic heterocycles. The SMILES string of the molecule is CCC(N/C=C(/C#N)C(=O)Nc1ccccc1C#N)c1ccc2c(c1)CCCC2. The Bertz CT molecular complexity index is 1010. The molecule has 2 aromatic carbocycles. The molecule has 2 N–H and O–H groups in total. The van der Waals surface area contributed by atoms with E-state index in [1.165, 1.54) is 30.2 Å². The van der Waals surface area contributed by atoms with Crippen molar-refractivity contribution >= 4 is 11.6 Å². The highest BCUT2D eigenvalue weighted by Gasteiger charge is 2.15. The Kier molecular flexibility index (Phi) is 6.66. The average Bonchev–Trinajstić information content (AvgIpc) is 2.77. The number of hydrogen-bond acceptors (Lipinski definition) is 4. The van der Waals surface area contributed by atoms with E-state index in [0.29, 0.717) is 11.3 Å². The van der Waals surface area contributed by atoms with Crippen LogP contribution in [0, 0.1) is 22.7 Å². The first-order valence-corrected chi connectivity index (χ1v) is 9.94. The number of fused-ring (bicyclic) bond motifs is 1. The summed E-state index contributed by atoms with van der Waals surface area (Å²) < 4.78 is 0. The second-order valence-electron chi connectivity index (χ2n) is 7.14. The van der Waals surface area contributed by atoms with Crippen LogP contribution >= 0.6 is 0 Å². The molecule has 0 aromatic heterocycles. The number of aryl methyl sites for hydroxylation is 2. The Morgan fingerprint density at radius 1 is 1.14 bits per heavy atom. The number of rotatable bonds is 6. The summed E-state index contributed by atoms with van der Waals surface area (Å²) in [6.45, 7) is 2.07. The fourth-order valence-corrected chi connectivity index (χ4v) is 3.63. The summed E-state index contributed by atoms with van der Waals surface area (Å²) in [4.78, 5) is 12.5. The highest BCUT2D eigenvalue weighted by atomic mass is 16.1. The van der Waals surface area contributed by atoms with Gasteiger partial charge in [0.25, 0.3) is 5.91 Å². The van der Waals surface area contributed by atoms with Gasteiger partial charge in [0.15, 0.2) is 0 Å². The molecule has 0 heterocycles. The Morgan fingerprint density at radius 2 is 1.90 bits per heavy atom. The van der Waals surface area contributed by atoms with Gasteiger partial charge in [-0.15, -0.1) is 0 Å².